The third kappa shape index (κ3) is 4.64. The van der Waals surface area contributed by atoms with E-state index in [2.05, 4.69) is 10.3 Å². The Morgan fingerprint density at radius 3 is 2.55 bits per heavy atom. The third-order valence-electron chi connectivity index (χ3n) is 5.07. The number of rotatable bonds is 6. The number of hydrogen-bond acceptors (Lipinski definition) is 4. The van der Waals surface area contributed by atoms with Crippen LogP contribution in [0.5, 0.6) is 0 Å². The number of esters is 1. The van der Waals surface area contributed by atoms with Crippen molar-refractivity contribution in [3.63, 3.8) is 0 Å². The molecule has 0 aliphatic rings. The van der Waals surface area contributed by atoms with Crippen LogP contribution in [0.1, 0.15) is 22.8 Å². The van der Waals surface area contributed by atoms with Gasteiger partial charge in [0.2, 0.25) is 6.10 Å². The number of imidazole rings is 1. The molecule has 6 heteroatoms. The molecule has 4 rings (SSSR count). The normalized spacial score (nSPS) is 11.8. The Hall–Kier alpha value is -3.93. The molecule has 6 nitrogen and oxygen atoms in total. The van der Waals surface area contributed by atoms with Crippen molar-refractivity contribution in [1.82, 2.24) is 9.55 Å². The highest BCUT2D eigenvalue weighted by molar-refractivity contribution is 5.96. The molecule has 0 aliphatic carbocycles. The van der Waals surface area contributed by atoms with E-state index in [0.717, 1.165) is 22.2 Å². The Labute approximate surface area is 180 Å². The van der Waals surface area contributed by atoms with Gasteiger partial charge in [-0.2, -0.15) is 0 Å². The maximum atomic E-state index is 13.1. The average Bonchev–Trinajstić information content (AvgIpc) is 3.18. The zero-order valence-electron chi connectivity index (χ0n) is 17.4. The number of nitrogens with one attached hydrogen (secondary N) is 1. The van der Waals surface area contributed by atoms with Crippen LogP contribution >= 0.6 is 0 Å². The van der Waals surface area contributed by atoms with Crippen molar-refractivity contribution in [1.29, 1.82) is 0 Å². The molecule has 1 aromatic heterocycles. The summed E-state index contributed by atoms with van der Waals surface area (Å²) in [4.78, 5) is 30.2. The lowest BCUT2D eigenvalue weighted by Gasteiger charge is -2.19. The number of benzene rings is 3. The minimum atomic E-state index is -1.07. The van der Waals surface area contributed by atoms with Crippen LogP contribution in [0.4, 0.5) is 5.69 Å². The zero-order chi connectivity index (χ0) is 21.8. The molecule has 156 valence electrons. The highest BCUT2D eigenvalue weighted by atomic mass is 16.5. The molecule has 1 heterocycles. The molecular weight excluding hydrogens is 390 g/mol. The topological polar surface area (TPSA) is 73.2 Å². The van der Waals surface area contributed by atoms with Crippen LogP contribution in [0.3, 0.4) is 0 Å². The van der Waals surface area contributed by atoms with E-state index >= 15 is 0 Å². The van der Waals surface area contributed by atoms with Gasteiger partial charge >= 0.3 is 5.97 Å². The van der Waals surface area contributed by atoms with E-state index in [1.807, 2.05) is 74.5 Å². The Morgan fingerprint density at radius 1 is 1.00 bits per heavy atom. The van der Waals surface area contributed by atoms with Crippen LogP contribution in [-0.4, -0.2) is 21.4 Å². The largest absolute Gasteiger partial charge is 0.446 e. The number of fused-ring (bicyclic) bond motifs is 1. The fourth-order valence-corrected chi connectivity index (χ4v) is 3.41. The quantitative estimate of drug-likeness (QED) is 0.470. The number of hydrogen-bond donors (Lipinski definition) is 1. The van der Waals surface area contributed by atoms with Crippen LogP contribution in [0.15, 0.2) is 79.1 Å². The van der Waals surface area contributed by atoms with Crippen molar-refractivity contribution >= 4 is 28.6 Å². The number of ether oxygens (including phenoxy) is 1. The van der Waals surface area contributed by atoms with Gasteiger partial charge < -0.3 is 14.6 Å². The predicted molar refractivity (Wildman–Crippen MR) is 120 cm³/mol. The van der Waals surface area contributed by atoms with Gasteiger partial charge in [-0.1, -0.05) is 54.6 Å². The van der Waals surface area contributed by atoms with Gasteiger partial charge in [0.25, 0.3) is 5.91 Å². The highest BCUT2D eigenvalue weighted by Gasteiger charge is 2.26. The molecule has 1 amide bonds. The van der Waals surface area contributed by atoms with Gasteiger partial charge in [-0.05, 0) is 43.2 Å². The zero-order valence-corrected chi connectivity index (χ0v) is 17.4. The summed E-state index contributed by atoms with van der Waals surface area (Å²) >= 11 is 0. The minimum Gasteiger partial charge on any atom is -0.446 e. The Bertz CT molecular complexity index is 1230. The Kier molecular flexibility index (Phi) is 5.80. The van der Waals surface area contributed by atoms with E-state index in [1.165, 1.54) is 0 Å². The lowest BCUT2D eigenvalue weighted by atomic mass is 10.1. The van der Waals surface area contributed by atoms with Crippen LogP contribution in [0.2, 0.25) is 0 Å². The average molecular weight is 413 g/mol. The fraction of sp³-hybridized carbons (Fsp3) is 0.160. The van der Waals surface area contributed by atoms with Crippen molar-refractivity contribution < 1.29 is 14.3 Å². The number of nitrogens with zero attached hydrogens (tertiary/aromatic N) is 2. The third-order valence-corrected chi connectivity index (χ3v) is 5.07. The second-order valence-electron chi connectivity index (χ2n) is 7.45. The van der Waals surface area contributed by atoms with Crippen LogP contribution < -0.4 is 5.32 Å². The van der Waals surface area contributed by atoms with Gasteiger partial charge in [0, 0.05) is 11.3 Å². The van der Waals surface area contributed by atoms with E-state index in [-0.39, 0.29) is 6.54 Å². The summed E-state index contributed by atoms with van der Waals surface area (Å²) in [5.41, 5.74) is 4.89. The van der Waals surface area contributed by atoms with Crippen molar-refractivity contribution in [2.24, 2.45) is 0 Å². The first kappa shape index (κ1) is 20.3. The standard InChI is InChI=1S/C25H23N3O3/c1-17-12-13-18(2)21(14-17)27-25(30)24(19-8-4-3-5-9-19)31-23(29)15-28-16-26-20-10-6-7-11-22(20)28/h3-14,16,24H,15H2,1-2H3,(H,27,30). The molecule has 0 spiro atoms. The van der Waals surface area contributed by atoms with Gasteiger partial charge in [-0.3, -0.25) is 9.59 Å². The van der Waals surface area contributed by atoms with Gasteiger partial charge in [-0.25, -0.2) is 4.98 Å². The summed E-state index contributed by atoms with van der Waals surface area (Å²) in [5, 5.41) is 2.91. The molecule has 0 fully saturated rings. The fourth-order valence-electron chi connectivity index (χ4n) is 3.41. The second-order valence-corrected chi connectivity index (χ2v) is 7.45. The van der Waals surface area contributed by atoms with Crippen LogP contribution in [0, 0.1) is 13.8 Å². The van der Waals surface area contributed by atoms with Gasteiger partial charge in [-0.15, -0.1) is 0 Å². The highest BCUT2D eigenvalue weighted by Crippen LogP contribution is 2.23. The molecule has 1 unspecified atom stereocenters. The predicted octanol–water partition coefficient (Wildman–Crippen LogP) is 4.58. The van der Waals surface area contributed by atoms with Crippen LogP contribution in [0.25, 0.3) is 11.0 Å². The lowest BCUT2D eigenvalue weighted by Crippen LogP contribution is -2.27. The van der Waals surface area contributed by atoms with Crippen molar-refractivity contribution in [3.8, 4) is 0 Å². The van der Waals surface area contributed by atoms with Crippen LogP contribution in [-0.2, 0) is 20.9 Å². The summed E-state index contributed by atoms with van der Waals surface area (Å²) in [6, 6.07) is 22.4. The minimum absolute atomic E-state index is 0.0411. The monoisotopic (exact) mass is 413 g/mol. The maximum absolute atomic E-state index is 13.1. The molecule has 1 atom stereocenters. The smallest absolute Gasteiger partial charge is 0.327 e. The summed E-state index contributed by atoms with van der Waals surface area (Å²) < 4.78 is 7.37. The Balaban J connectivity index is 1.56. The molecule has 3 aromatic carbocycles. The number of carbonyl (C=O) groups is 2. The van der Waals surface area contributed by atoms with Crippen molar-refractivity contribution in [2.75, 3.05) is 5.32 Å². The molecule has 0 aliphatic heterocycles. The molecule has 4 aromatic rings. The summed E-state index contributed by atoms with van der Waals surface area (Å²) in [6.45, 7) is 3.84. The van der Waals surface area contributed by atoms with E-state index in [1.54, 1.807) is 23.0 Å². The van der Waals surface area contributed by atoms with E-state index < -0.39 is 18.0 Å². The van der Waals surface area contributed by atoms with E-state index in [4.69, 9.17) is 4.74 Å². The van der Waals surface area contributed by atoms with Gasteiger partial charge in [0.15, 0.2) is 0 Å². The van der Waals surface area contributed by atoms with Gasteiger partial charge in [0.05, 0.1) is 17.4 Å². The number of aryl methyl sites for hydroxylation is 2. The molecule has 0 radical (unpaired) electrons. The lowest BCUT2D eigenvalue weighted by molar-refractivity contribution is -0.155. The number of amides is 1. The number of anilines is 1. The molecule has 1 N–H and O–H groups in total. The Morgan fingerprint density at radius 2 is 1.74 bits per heavy atom. The summed E-state index contributed by atoms with van der Waals surface area (Å²) in [6.07, 6.45) is 0.531. The number of carbonyl (C=O) groups excluding carboxylic acids is 2. The molecular formula is C25H23N3O3. The van der Waals surface area contributed by atoms with Crippen molar-refractivity contribution in [3.05, 3.63) is 95.8 Å². The summed E-state index contributed by atoms with van der Waals surface area (Å²) in [5.74, 6) is -0.920. The van der Waals surface area contributed by atoms with E-state index in [9.17, 15) is 9.59 Å². The van der Waals surface area contributed by atoms with Gasteiger partial charge in [0.1, 0.15) is 6.54 Å². The second kappa shape index (κ2) is 8.83. The first-order chi connectivity index (χ1) is 15.0. The summed E-state index contributed by atoms with van der Waals surface area (Å²) in [7, 11) is 0. The number of para-hydroxylation sites is 2. The first-order valence-electron chi connectivity index (χ1n) is 10.0. The SMILES string of the molecule is Cc1ccc(C)c(NC(=O)C(OC(=O)Cn2cnc3ccccc32)c2ccccc2)c1. The molecule has 0 saturated carbocycles. The first-order valence-corrected chi connectivity index (χ1v) is 10.0. The molecule has 0 saturated heterocycles. The maximum Gasteiger partial charge on any atom is 0.327 e. The van der Waals surface area contributed by atoms with E-state index in [0.29, 0.717) is 11.3 Å². The van der Waals surface area contributed by atoms with Crippen molar-refractivity contribution in [2.45, 2.75) is 26.5 Å². The number of aromatic nitrogens is 2. The molecule has 0 bridgehead atoms. The molecule has 31 heavy (non-hydrogen) atoms.